The zero-order valence-corrected chi connectivity index (χ0v) is 11.9. The van der Waals surface area contributed by atoms with E-state index in [2.05, 4.69) is 33.7 Å². The van der Waals surface area contributed by atoms with E-state index in [1.807, 2.05) is 12.3 Å². The molecule has 96 valence electrons. The smallest absolute Gasteiger partial charge is 0.0809 e. The largest absolute Gasteiger partial charge is 0.376 e. The quantitative estimate of drug-likeness (QED) is 0.770. The van der Waals surface area contributed by atoms with E-state index in [9.17, 15) is 0 Å². The van der Waals surface area contributed by atoms with Crippen molar-refractivity contribution in [3.05, 3.63) is 52.8 Å². The molecule has 1 atom stereocenters. The van der Waals surface area contributed by atoms with Crippen molar-refractivity contribution in [3.8, 4) is 0 Å². The maximum Gasteiger partial charge on any atom is 0.0809 e. The molecule has 0 aromatic carbocycles. The van der Waals surface area contributed by atoms with Crippen LogP contribution in [0.25, 0.3) is 10.2 Å². The van der Waals surface area contributed by atoms with Crippen molar-refractivity contribution in [3.63, 3.8) is 0 Å². The Bertz CT molecular complexity index is 710. The van der Waals surface area contributed by atoms with Crippen LogP contribution in [0.5, 0.6) is 0 Å². The first kappa shape index (κ1) is 12.4. The molecule has 19 heavy (non-hydrogen) atoms. The van der Waals surface area contributed by atoms with Crippen LogP contribution in [-0.2, 0) is 0 Å². The fourth-order valence-electron chi connectivity index (χ4n) is 1.90. The van der Waals surface area contributed by atoms with E-state index in [-0.39, 0.29) is 6.04 Å². The van der Waals surface area contributed by atoms with Crippen LogP contribution < -0.4 is 5.32 Å². The monoisotopic (exact) mass is 289 g/mol. The molecule has 1 N–H and O–H groups in total. The molecule has 0 spiro atoms. The fourth-order valence-corrected chi connectivity index (χ4v) is 2.85. The van der Waals surface area contributed by atoms with Crippen LogP contribution in [0.3, 0.4) is 0 Å². The molecule has 0 saturated heterocycles. The molecule has 3 nitrogen and oxygen atoms in total. The number of fused-ring (bicyclic) bond motifs is 1. The van der Waals surface area contributed by atoms with Gasteiger partial charge in [-0.3, -0.25) is 9.97 Å². The third kappa shape index (κ3) is 2.55. The second-order valence-corrected chi connectivity index (χ2v) is 5.65. The number of nitrogens with zero attached hydrogens (tertiary/aromatic N) is 2. The Morgan fingerprint density at radius 3 is 3.05 bits per heavy atom. The number of pyridine rings is 2. The molecule has 0 aliphatic rings. The number of aromatic nitrogens is 2. The molecule has 0 fully saturated rings. The maximum atomic E-state index is 6.12. The number of rotatable bonds is 3. The summed E-state index contributed by atoms with van der Waals surface area (Å²) in [6, 6.07) is 6.09. The van der Waals surface area contributed by atoms with Crippen LogP contribution in [0.1, 0.15) is 18.5 Å². The summed E-state index contributed by atoms with van der Waals surface area (Å²) in [5, 5.41) is 6.08. The van der Waals surface area contributed by atoms with Crippen LogP contribution in [-0.4, -0.2) is 9.97 Å². The van der Waals surface area contributed by atoms with Gasteiger partial charge in [0.25, 0.3) is 0 Å². The van der Waals surface area contributed by atoms with Crippen molar-refractivity contribution in [2.24, 2.45) is 0 Å². The lowest BCUT2D eigenvalue weighted by atomic mass is 10.1. The molecule has 0 amide bonds. The zero-order valence-electron chi connectivity index (χ0n) is 10.3. The van der Waals surface area contributed by atoms with Crippen molar-refractivity contribution in [2.45, 2.75) is 13.0 Å². The Labute approximate surface area is 120 Å². The minimum Gasteiger partial charge on any atom is -0.376 e. The first-order valence-electron chi connectivity index (χ1n) is 5.93. The molecule has 1 unspecified atom stereocenters. The number of nitrogens with one attached hydrogen (secondary N) is 1. The van der Waals surface area contributed by atoms with E-state index in [0.717, 1.165) is 16.8 Å². The highest BCUT2D eigenvalue weighted by molar-refractivity contribution is 7.17. The Balaban J connectivity index is 1.87. The minimum absolute atomic E-state index is 0.126. The zero-order chi connectivity index (χ0) is 13.2. The van der Waals surface area contributed by atoms with E-state index >= 15 is 0 Å². The van der Waals surface area contributed by atoms with Gasteiger partial charge in [0, 0.05) is 12.4 Å². The van der Waals surface area contributed by atoms with Gasteiger partial charge in [-0.25, -0.2) is 0 Å². The topological polar surface area (TPSA) is 37.8 Å². The number of halogens is 1. The summed E-state index contributed by atoms with van der Waals surface area (Å²) in [5.74, 6) is 0. The van der Waals surface area contributed by atoms with Gasteiger partial charge in [-0.1, -0.05) is 11.6 Å². The van der Waals surface area contributed by atoms with Crippen molar-refractivity contribution >= 4 is 38.8 Å². The first-order valence-corrected chi connectivity index (χ1v) is 7.19. The van der Waals surface area contributed by atoms with Crippen LogP contribution in [0.4, 0.5) is 5.69 Å². The van der Waals surface area contributed by atoms with Gasteiger partial charge in [0.2, 0.25) is 0 Å². The minimum atomic E-state index is 0.126. The van der Waals surface area contributed by atoms with E-state index in [1.165, 1.54) is 4.70 Å². The molecule has 0 bridgehead atoms. The lowest BCUT2D eigenvalue weighted by molar-refractivity contribution is 0.878. The highest BCUT2D eigenvalue weighted by Crippen LogP contribution is 2.27. The van der Waals surface area contributed by atoms with Crippen molar-refractivity contribution in [2.75, 3.05) is 5.32 Å². The Morgan fingerprint density at radius 1 is 1.32 bits per heavy atom. The summed E-state index contributed by atoms with van der Waals surface area (Å²) >= 11 is 7.82. The molecule has 0 aliphatic carbocycles. The van der Waals surface area contributed by atoms with Gasteiger partial charge in [-0.05, 0) is 36.1 Å². The molecule has 3 rings (SSSR count). The van der Waals surface area contributed by atoms with Gasteiger partial charge in [0.05, 0.1) is 33.2 Å². The number of hydrogen-bond acceptors (Lipinski definition) is 4. The molecule has 0 aliphatic heterocycles. The Hall–Kier alpha value is -1.65. The SMILES string of the molecule is CC(Nc1cnccc1Cl)c1cnc2ccsc2c1. The van der Waals surface area contributed by atoms with E-state index < -0.39 is 0 Å². The third-order valence-corrected chi connectivity index (χ3v) is 4.15. The summed E-state index contributed by atoms with van der Waals surface area (Å²) < 4.78 is 1.20. The summed E-state index contributed by atoms with van der Waals surface area (Å²) in [7, 11) is 0. The predicted octanol–water partition coefficient (Wildman–Crippen LogP) is 4.52. The number of anilines is 1. The maximum absolute atomic E-state index is 6.12. The fraction of sp³-hybridized carbons (Fsp3) is 0.143. The standard InChI is InChI=1S/C14H12ClN3S/c1-9(18-13-8-16-4-2-11(13)15)10-6-14-12(17-7-10)3-5-19-14/h2-9,18H,1H3. The van der Waals surface area contributed by atoms with Crippen LogP contribution in [0, 0.1) is 0 Å². The van der Waals surface area contributed by atoms with Crippen LogP contribution in [0.15, 0.2) is 42.2 Å². The number of hydrogen-bond donors (Lipinski definition) is 1. The van der Waals surface area contributed by atoms with Gasteiger partial charge in [-0.2, -0.15) is 0 Å². The molecular weight excluding hydrogens is 278 g/mol. The van der Waals surface area contributed by atoms with Crippen LogP contribution in [0.2, 0.25) is 5.02 Å². The molecular formula is C14H12ClN3S. The Kier molecular flexibility index (Phi) is 3.36. The Morgan fingerprint density at radius 2 is 2.21 bits per heavy atom. The first-order chi connectivity index (χ1) is 9.24. The van der Waals surface area contributed by atoms with Crippen LogP contribution >= 0.6 is 22.9 Å². The van der Waals surface area contributed by atoms with Gasteiger partial charge in [0.15, 0.2) is 0 Å². The predicted molar refractivity (Wildman–Crippen MR) is 80.9 cm³/mol. The lowest BCUT2D eigenvalue weighted by Gasteiger charge is -2.16. The second kappa shape index (κ2) is 5.15. The average Bonchev–Trinajstić information content (AvgIpc) is 2.88. The summed E-state index contributed by atoms with van der Waals surface area (Å²) in [6.45, 7) is 2.08. The molecule has 0 saturated carbocycles. The van der Waals surface area contributed by atoms with E-state index in [1.54, 1.807) is 29.8 Å². The van der Waals surface area contributed by atoms with Crippen molar-refractivity contribution in [1.82, 2.24) is 9.97 Å². The highest BCUT2D eigenvalue weighted by Gasteiger charge is 2.09. The van der Waals surface area contributed by atoms with Gasteiger partial charge in [-0.15, -0.1) is 11.3 Å². The highest BCUT2D eigenvalue weighted by atomic mass is 35.5. The van der Waals surface area contributed by atoms with E-state index in [0.29, 0.717) is 5.02 Å². The molecule has 3 aromatic rings. The third-order valence-electron chi connectivity index (χ3n) is 2.96. The average molecular weight is 290 g/mol. The molecule has 5 heteroatoms. The van der Waals surface area contributed by atoms with Crippen molar-refractivity contribution in [1.29, 1.82) is 0 Å². The number of thiophene rings is 1. The second-order valence-electron chi connectivity index (χ2n) is 4.29. The van der Waals surface area contributed by atoms with Gasteiger partial charge in [0.1, 0.15) is 0 Å². The van der Waals surface area contributed by atoms with Gasteiger partial charge >= 0.3 is 0 Å². The van der Waals surface area contributed by atoms with E-state index in [4.69, 9.17) is 11.6 Å². The summed E-state index contributed by atoms with van der Waals surface area (Å²) in [4.78, 5) is 8.52. The summed E-state index contributed by atoms with van der Waals surface area (Å²) in [5.41, 5.74) is 3.01. The summed E-state index contributed by atoms with van der Waals surface area (Å²) in [6.07, 6.45) is 5.31. The molecule has 3 aromatic heterocycles. The van der Waals surface area contributed by atoms with Gasteiger partial charge < -0.3 is 5.32 Å². The molecule has 0 radical (unpaired) electrons. The normalized spacial score (nSPS) is 12.5. The molecule has 3 heterocycles. The lowest BCUT2D eigenvalue weighted by Crippen LogP contribution is -2.07. The van der Waals surface area contributed by atoms with Crippen molar-refractivity contribution < 1.29 is 0 Å².